The van der Waals surface area contributed by atoms with Crippen LogP contribution in [-0.4, -0.2) is 49.5 Å². The van der Waals surface area contributed by atoms with Gasteiger partial charge >= 0.3 is 0 Å². The molecule has 0 amide bonds. The molecule has 0 aromatic heterocycles. The Morgan fingerprint density at radius 1 is 0.923 bits per heavy atom. The summed E-state index contributed by atoms with van der Waals surface area (Å²) >= 11 is 3.59. The molecule has 0 N–H and O–H groups in total. The van der Waals surface area contributed by atoms with Gasteiger partial charge in [0.2, 0.25) is 0 Å². The molecule has 0 saturated heterocycles. The lowest BCUT2D eigenvalue weighted by Crippen LogP contribution is -2.46. The standard InChI is InChI=1S/C13H29BrN.C7H8O3S/c1-4-6-8-11-15(3,13-10-14)12-9-7-5-2;1-6-2-4-7(5-3-6)11(8,9)10/h4-13H2,1-3H3;2-5H,1H3,(H,8,9,10)/q+1;/p-1. The number of nitrogens with zero attached hydrogens (tertiary/aromatic N) is 1. The van der Waals surface area contributed by atoms with Crippen molar-refractivity contribution < 1.29 is 17.5 Å². The van der Waals surface area contributed by atoms with Crippen LogP contribution in [0.3, 0.4) is 0 Å². The normalized spacial score (nSPS) is 11.8. The van der Waals surface area contributed by atoms with E-state index in [0.717, 1.165) is 10.9 Å². The molecule has 0 bridgehead atoms. The summed E-state index contributed by atoms with van der Waals surface area (Å²) in [5.74, 6) is 0. The third-order valence-corrected chi connectivity index (χ3v) is 5.74. The SMILES string of the molecule is CCCCC[N+](C)(CCBr)CCCCC.Cc1ccc(S(=O)(=O)[O-])cc1. The molecule has 26 heavy (non-hydrogen) atoms. The highest BCUT2D eigenvalue weighted by Crippen LogP contribution is 2.11. The van der Waals surface area contributed by atoms with Crippen LogP contribution < -0.4 is 0 Å². The first-order chi connectivity index (χ1) is 12.2. The lowest BCUT2D eigenvalue weighted by atomic mass is 10.2. The average molecular weight is 450 g/mol. The minimum absolute atomic E-state index is 0.178. The third-order valence-electron chi connectivity index (χ3n) is 4.54. The molecule has 0 aliphatic carbocycles. The Morgan fingerprint density at radius 3 is 1.73 bits per heavy atom. The van der Waals surface area contributed by atoms with Crippen LogP contribution in [-0.2, 0) is 10.1 Å². The zero-order chi connectivity index (χ0) is 20.1. The predicted molar refractivity (Wildman–Crippen MR) is 113 cm³/mol. The number of unbranched alkanes of at least 4 members (excludes halogenated alkanes) is 4. The zero-order valence-electron chi connectivity index (χ0n) is 16.8. The topological polar surface area (TPSA) is 57.2 Å². The highest BCUT2D eigenvalue weighted by molar-refractivity contribution is 9.09. The van der Waals surface area contributed by atoms with Gasteiger partial charge in [0.25, 0.3) is 0 Å². The van der Waals surface area contributed by atoms with Crippen molar-refractivity contribution in [2.24, 2.45) is 0 Å². The summed E-state index contributed by atoms with van der Waals surface area (Å²) in [7, 11) is -1.85. The van der Waals surface area contributed by atoms with E-state index in [2.05, 4.69) is 36.8 Å². The van der Waals surface area contributed by atoms with E-state index < -0.39 is 10.1 Å². The van der Waals surface area contributed by atoms with E-state index >= 15 is 0 Å². The Labute approximate surface area is 169 Å². The Balaban J connectivity index is 0.000000502. The second-order valence-corrected chi connectivity index (χ2v) is 9.33. The Bertz CT molecular complexity index is 563. The second kappa shape index (κ2) is 13.7. The molecular formula is C20H36BrNO3S. The smallest absolute Gasteiger partial charge is 0.124 e. The van der Waals surface area contributed by atoms with Crippen LogP contribution in [0.4, 0.5) is 0 Å². The van der Waals surface area contributed by atoms with Crippen molar-refractivity contribution in [3.8, 4) is 0 Å². The highest BCUT2D eigenvalue weighted by Gasteiger charge is 2.19. The predicted octanol–water partition coefficient (Wildman–Crippen LogP) is 5.11. The van der Waals surface area contributed by atoms with Crippen LogP contribution in [0.2, 0.25) is 0 Å². The lowest BCUT2D eigenvalue weighted by Gasteiger charge is -2.34. The van der Waals surface area contributed by atoms with Crippen LogP contribution in [0.1, 0.15) is 57.9 Å². The van der Waals surface area contributed by atoms with Gasteiger partial charge in [-0.3, -0.25) is 0 Å². The maximum absolute atomic E-state index is 10.4. The van der Waals surface area contributed by atoms with E-state index in [1.54, 1.807) is 12.1 Å². The van der Waals surface area contributed by atoms with Crippen molar-refractivity contribution in [1.29, 1.82) is 0 Å². The molecule has 6 heteroatoms. The van der Waals surface area contributed by atoms with Gasteiger partial charge in [0.15, 0.2) is 0 Å². The summed E-state index contributed by atoms with van der Waals surface area (Å²) in [6.07, 6.45) is 8.25. The van der Waals surface area contributed by atoms with Gasteiger partial charge in [-0.2, -0.15) is 0 Å². The quantitative estimate of drug-likeness (QED) is 0.204. The van der Waals surface area contributed by atoms with Crippen LogP contribution in [0.5, 0.6) is 0 Å². The molecule has 4 nitrogen and oxygen atoms in total. The van der Waals surface area contributed by atoms with Gasteiger partial charge in [-0.15, -0.1) is 0 Å². The Hall–Kier alpha value is -0.430. The minimum atomic E-state index is -4.27. The van der Waals surface area contributed by atoms with E-state index in [1.165, 1.54) is 74.8 Å². The molecule has 0 saturated carbocycles. The van der Waals surface area contributed by atoms with Gasteiger partial charge in [-0.05, 0) is 44.7 Å². The van der Waals surface area contributed by atoms with E-state index in [1.807, 2.05) is 6.92 Å². The first kappa shape index (κ1) is 25.6. The van der Waals surface area contributed by atoms with Crippen molar-refractivity contribution >= 4 is 26.0 Å². The average Bonchev–Trinajstić information content (AvgIpc) is 2.56. The number of benzene rings is 1. The number of quaternary nitrogens is 1. The third kappa shape index (κ3) is 12.0. The van der Waals surface area contributed by atoms with Crippen molar-refractivity contribution in [1.82, 2.24) is 0 Å². The number of alkyl halides is 1. The minimum Gasteiger partial charge on any atom is -0.744 e. The van der Waals surface area contributed by atoms with E-state index in [-0.39, 0.29) is 4.90 Å². The van der Waals surface area contributed by atoms with Gasteiger partial charge in [0.1, 0.15) is 10.1 Å². The number of hydrogen-bond acceptors (Lipinski definition) is 3. The fourth-order valence-corrected chi connectivity index (χ4v) is 4.06. The summed E-state index contributed by atoms with van der Waals surface area (Å²) in [6.45, 7) is 10.4. The first-order valence-electron chi connectivity index (χ1n) is 9.60. The molecule has 0 spiro atoms. The van der Waals surface area contributed by atoms with Crippen LogP contribution in [0.25, 0.3) is 0 Å². The number of rotatable bonds is 11. The molecule has 1 aromatic carbocycles. The van der Waals surface area contributed by atoms with Gasteiger partial charge in [-0.25, -0.2) is 8.42 Å². The molecule has 1 rings (SSSR count). The van der Waals surface area contributed by atoms with Crippen LogP contribution >= 0.6 is 15.9 Å². The molecular weight excluding hydrogens is 414 g/mol. The molecule has 0 atom stereocenters. The molecule has 0 fully saturated rings. The maximum atomic E-state index is 10.4. The van der Waals surface area contributed by atoms with Crippen LogP contribution in [0.15, 0.2) is 29.2 Å². The highest BCUT2D eigenvalue weighted by atomic mass is 79.9. The summed E-state index contributed by atoms with van der Waals surface area (Å²) in [4.78, 5) is -0.178. The fraction of sp³-hybridized carbons (Fsp3) is 0.700. The monoisotopic (exact) mass is 449 g/mol. The summed E-state index contributed by atoms with van der Waals surface area (Å²) < 4.78 is 32.4. The van der Waals surface area contributed by atoms with Crippen molar-refractivity contribution in [2.75, 3.05) is 32.0 Å². The summed E-state index contributed by atoms with van der Waals surface area (Å²) in [5, 5.41) is 1.14. The van der Waals surface area contributed by atoms with Crippen molar-refractivity contribution in [3.63, 3.8) is 0 Å². The largest absolute Gasteiger partial charge is 0.744 e. The van der Waals surface area contributed by atoms with Gasteiger partial charge < -0.3 is 9.04 Å². The van der Waals surface area contributed by atoms with Gasteiger partial charge in [0.05, 0.1) is 36.9 Å². The van der Waals surface area contributed by atoms with Crippen LogP contribution in [0, 0.1) is 6.92 Å². The fourth-order valence-electron chi connectivity index (χ4n) is 2.73. The maximum Gasteiger partial charge on any atom is 0.124 e. The van der Waals surface area contributed by atoms with Crippen molar-refractivity contribution in [2.45, 2.75) is 64.2 Å². The van der Waals surface area contributed by atoms with Gasteiger partial charge in [0, 0.05) is 0 Å². The second-order valence-electron chi connectivity index (χ2n) is 7.16. The molecule has 152 valence electrons. The number of halogens is 1. The number of aryl methyl sites for hydroxylation is 1. The van der Waals surface area contributed by atoms with E-state index in [0.29, 0.717) is 0 Å². The zero-order valence-corrected chi connectivity index (χ0v) is 19.2. The summed E-state index contributed by atoms with van der Waals surface area (Å²) in [5.41, 5.74) is 0.928. The summed E-state index contributed by atoms with van der Waals surface area (Å²) in [6, 6.07) is 5.78. The Morgan fingerprint density at radius 2 is 1.38 bits per heavy atom. The van der Waals surface area contributed by atoms with Gasteiger partial charge in [-0.1, -0.05) is 60.3 Å². The molecule has 0 radical (unpaired) electrons. The molecule has 1 aromatic rings. The van der Waals surface area contributed by atoms with E-state index in [4.69, 9.17) is 0 Å². The van der Waals surface area contributed by atoms with Crippen molar-refractivity contribution in [3.05, 3.63) is 29.8 Å². The number of hydrogen-bond donors (Lipinski definition) is 0. The lowest BCUT2D eigenvalue weighted by molar-refractivity contribution is -0.907. The Kier molecular flexibility index (Phi) is 13.5. The first-order valence-corrected chi connectivity index (χ1v) is 12.1. The molecule has 0 unspecified atom stereocenters. The molecule has 0 aliphatic heterocycles. The molecule has 0 aliphatic rings. The molecule has 0 heterocycles. The van der Waals surface area contributed by atoms with E-state index in [9.17, 15) is 13.0 Å².